The quantitative estimate of drug-likeness (QED) is 0.137. The van der Waals surface area contributed by atoms with Crippen molar-refractivity contribution in [2.75, 3.05) is 19.8 Å². The molecule has 50 heavy (non-hydrogen) atoms. The number of benzene rings is 2. The van der Waals surface area contributed by atoms with Crippen LogP contribution >= 0.6 is 0 Å². The molecule has 0 saturated carbocycles. The number of aromatic nitrogens is 3. The summed E-state index contributed by atoms with van der Waals surface area (Å²) in [5.74, 6) is -1.43. The number of alkyl halides is 3. The van der Waals surface area contributed by atoms with Gasteiger partial charge in [-0.15, -0.1) is 0 Å². The van der Waals surface area contributed by atoms with Gasteiger partial charge in [-0.25, -0.2) is 17.4 Å². The third-order valence-electron chi connectivity index (χ3n) is 7.50. The Hall–Kier alpha value is -4.51. The maximum atomic E-state index is 14.4. The Bertz CT molecular complexity index is 1980. The van der Waals surface area contributed by atoms with Crippen molar-refractivity contribution in [1.29, 1.82) is 0 Å². The van der Waals surface area contributed by atoms with E-state index >= 15 is 0 Å². The van der Waals surface area contributed by atoms with Crippen LogP contribution in [0.1, 0.15) is 55.0 Å². The van der Waals surface area contributed by atoms with Crippen molar-refractivity contribution in [3.8, 4) is 11.5 Å². The van der Waals surface area contributed by atoms with Crippen molar-refractivity contribution in [1.82, 2.24) is 19.3 Å². The number of rotatable bonds is 17. The number of pyridine rings is 1. The Morgan fingerprint density at radius 2 is 1.74 bits per heavy atom. The molecule has 12 nitrogen and oxygen atoms in total. The number of hydrogen-bond donors (Lipinski definition) is 2. The molecule has 0 aliphatic heterocycles. The molecular weight excluding hydrogens is 702 g/mol. The van der Waals surface area contributed by atoms with Crippen LogP contribution in [0.25, 0.3) is 11.0 Å². The fraction of sp³-hybridized carbons (Fsp3) is 0.394. The highest BCUT2D eigenvalue weighted by Gasteiger charge is 2.32. The van der Waals surface area contributed by atoms with Crippen molar-refractivity contribution in [2.45, 2.75) is 74.9 Å². The number of aliphatic carboxylic acids is 1. The van der Waals surface area contributed by atoms with Crippen molar-refractivity contribution < 1.29 is 50.0 Å². The number of fused-ring (bicyclic) bond motifs is 1. The zero-order valence-electron chi connectivity index (χ0n) is 27.6. The van der Waals surface area contributed by atoms with Crippen LogP contribution < -0.4 is 14.8 Å². The Morgan fingerprint density at radius 1 is 1.04 bits per heavy atom. The first-order chi connectivity index (χ1) is 23.6. The van der Waals surface area contributed by atoms with E-state index in [4.69, 9.17) is 14.6 Å². The number of imidazole rings is 1. The largest absolute Gasteiger partial charge is 0.484 e. The highest BCUT2D eigenvalue weighted by atomic mass is 32.2. The first-order valence-electron chi connectivity index (χ1n) is 15.6. The van der Waals surface area contributed by atoms with E-state index in [1.807, 2.05) is 0 Å². The average molecular weight is 739 g/mol. The van der Waals surface area contributed by atoms with Gasteiger partial charge in [-0.05, 0) is 74.6 Å². The summed E-state index contributed by atoms with van der Waals surface area (Å²) in [5, 5.41) is 11.1. The number of carbonyl (C=O) groups excluding carboxylic acids is 1. The van der Waals surface area contributed by atoms with E-state index in [0.717, 1.165) is 3.97 Å². The lowest BCUT2D eigenvalue weighted by molar-refractivity contribution is -0.153. The second kappa shape index (κ2) is 16.5. The van der Waals surface area contributed by atoms with Crippen LogP contribution in [0.2, 0.25) is 0 Å². The van der Waals surface area contributed by atoms with Crippen LogP contribution in [0, 0.1) is 13.8 Å². The zero-order chi connectivity index (χ0) is 36.6. The maximum Gasteiger partial charge on any atom is 0.422 e. The molecule has 2 aromatic heterocycles. The number of unbranched alkanes of at least 4 members (excludes halogenated alkanes) is 2. The summed E-state index contributed by atoms with van der Waals surface area (Å²) >= 11 is 0. The fourth-order valence-corrected chi connectivity index (χ4v) is 8.78. The normalized spacial score (nSPS) is 12.5. The van der Waals surface area contributed by atoms with Crippen molar-refractivity contribution >= 4 is 43.7 Å². The zero-order valence-corrected chi connectivity index (χ0v) is 29.2. The fourth-order valence-electron chi connectivity index (χ4n) is 5.36. The van der Waals surface area contributed by atoms with Gasteiger partial charge in [0.2, 0.25) is 5.16 Å². The van der Waals surface area contributed by atoms with Gasteiger partial charge >= 0.3 is 12.1 Å². The molecule has 0 spiro atoms. The number of carboxylic acids is 1. The minimum atomic E-state index is -4.57. The highest BCUT2D eigenvalue weighted by molar-refractivity contribution is 7.91. The predicted molar refractivity (Wildman–Crippen MR) is 178 cm³/mol. The number of halogens is 3. The average Bonchev–Trinajstić information content (AvgIpc) is 3.44. The van der Waals surface area contributed by atoms with Crippen molar-refractivity contribution in [2.24, 2.45) is 0 Å². The Labute approximate surface area is 289 Å². The summed E-state index contributed by atoms with van der Waals surface area (Å²) in [7, 11) is -6.59. The number of nitrogens with one attached hydrogen (secondary N) is 1. The molecule has 2 heterocycles. The molecule has 0 aliphatic rings. The lowest BCUT2D eigenvalue weighted by Gasteiger charge is -2.17. The summed E-state index contributed by atoms with van der Waals surface area (Å²) in [6.07, 6.45) is -1.29. The SMILES string of the molecule is CCc1c(OCC(F)(F)F)ccnc1CS(=O)c1nc2ccccc2n1S(=O)(=O)c1c(C)cc(OCC(=O)NCCCCCC(=O)O)cc1C. The van der Waals surface area contributed by atoms with Gasteiger partial charge in [0.25, 0.3) is 15.9 Å². The lowest BCUT2D eigenvalue weighted by Crippen LogP contribution is -2.29. The number of nitrogens with zero attached hydrogens (tertiary/aromatic N) is 3. The summed E-state index contributed by atoms with van der Waals surface area (Å²) < 4.78 is 92.8. The van der Waals surface area contributed by atoms with Crippen molar-refractivity contribution in [3.05, 3.63) is 71.0 Å². The minimum absolute atomic E-state index is 0.0630. The Morgan fingerprint density at radius 3 is 2.40 bits per heavy atom. The summed E-state index contributed by atoms with van der Waals surface area (Å²) in [6, 6.07) is 10.6. The van der Waals surface area contributed by atoms with Gasteiger partial charge in [0.05, 0.1) is 38.2 Å². The topological polar surface area (TPSA) is 167 Å². The molecular formula is C33H37F3N4O8S2. The van der Waals surface area contributed by atoms with Crippen molar-refractivity contribution in [3.63, 3.8) is 0 Å². The second-order valence-electron chi connectivity index (χ2n) is 11.4. The first kappa shape index (κ1) is 38.3. The number of carbonyl (C=O) groups is 2. The van der Waals surface area contributed by atoms with E-state index in [2.05, 4.69) is 15.3 Å². The number of para-hydroxylation sites is 2. The molecule has 0 radical (unpaired) electrons. The molecule has 2 aromatic carbocycles. The molecule has 1 atom stereocenters. The number of aryl methyl sites for hydroxylation is 2. The molecule has 1 unspecified atom stereocenters. The monoisotopic (exact) mass is 738 g/mol. The summed E-state index contributed by atoms with van der Waals surface area (Å²) in [5.41, 5.74) is 1.49. The van der Waals surface area contributed by atoms with Gasteiger partial charge < -0.3 is 19.9 Å². The Kier molecular flexibility index (Phi) is 12.6. The molecule has 4 rings (SSSR count). The molecule has 0 bridgehead atoms. The molecule has 0 fully saturated rings. The molecule has 270 valence electrons. The van der Waals surface area contributed by atoms with Gasteiger partial charge in [-0.2, -0.15) is 13.2 Å². The number of ether oxygens (including phenoxy) is 2. The van der Waals surface area contributed by atoms with Crippen LogP contribution in [0.5, 0.6) is 11.5 Å². The van der Waals surface area contributed by atoms with E-state index in [-0.39, 0.29) is 74.6 Å². The van der Waals surface area contributed by atoms with E-state index in [9.17, 15) is 35.4 Å². The number of amides is 1. The molecule has 17 heteroatoms. The third-order valence-corrected chi connectivity index (χ3v) is 10.8. The van der Waals surface area contributed by atoms with E-state index in [0.29, 0.717) is 31.4 Å². The molecule has 0 saturated heterocycles. The van der Waals surface area contributed by atoms with Gasteiger partial charge in [-0.3, -0.25) is 18.8 Å². The van der Waals surface area contributed by atoms with Crippen LogP contribution in [-0.2, 0) is 42.6 Å². The summed E-state index contributed by atoms with van der Waals surface area (Å²) in [4.78, 5) is 31.4. The van der Waals surface area contributed by atoms with Crippen LogP contribution in [0.3, 0.4) is 0 Å². The van der Waals surface area contributed by atoms with Gasteiger partial charge in [0.1, 0.15) is 11.5 Å². The van der Waals surface area contributed by atoms with E-state index in [1.165, 1.54) is 30.5 Å². The standard InChI is InChI=1S/C33H37F3N4O8S2/c1-4-24-26(37-15-13-28(24)48-20-33(34,35)36)19-49(44)32-39-25-10-7-8-11-27(25)40(32)50(45,46)31-21(2)16-23(17-22(31)3)47-18-29(41)38-14-9-5-6-12-30(42)43/h7-8,10-11,13,15-17H,4-6,9,12,14,18-20H2,1-3H3,(H,38,41)(H,42,43). The van der Waals surface area contributed by atoms with Crippen LogP contribution in [-0.4, -0.2) is 69.5 Å². The smallest absolute Gasteiger partial charge is 0.422 e. The highest BCUT2D eigenvalue weighted by Crippen LogP contribution is 2.33. The molecule has 2 N–H and O–H groups in total. The second-order valence-corrected chi connectivity index (χ2v) is 14.4. The maximum absolute atomic E-state index is 14.4. The molecule has 1 amide bonds. The number of carboxylic acid groups (broad SMARTS) is 1. The lowest BCUT2D eigenvalue weighted by atomic mass is 10.1. The molecule has 4 aromatic rings. The number of hydrogen-bond acceptors (Lipinski definition) is 9. The minimum Gasteiger partial charge on any atom is -0.484 e. The van der Waals surface area contributed by atoms with E-state index < -0.39 is 45.5 Å². The third kappa shape index (κ3) is 9.59. The first-order valence-corrected chi connectivity index (χ1v) is 18.4. The molecule has 0 aliphatic carbocycles. The van der Waals surface area contributed by atoms with Gasteiger partial charge in [-0.1, -0.05) is 25.5 Å². The Balaban J connectivity index is 1.58. The van der Waals surface area contributed by atoms with E-state index in [1.54, 1.807) is 39.0 Å². The van der Waals surface area contributed by atoms with Crippen LogP contribution in [0.15, 0.2) is 58.7 Å². The predicted octanol–water partition coefficient (Wildman–Crippen LogP) is 5.24. The summed E-state index contributed by atoms with van der Waals surface area (Å²) in [6.45, 7) is 3.31. The van der Waals surface area contributed by atoms with Gasteiger partial charge in [0, 0.05) is 24.7 Å². The van der Waals surface area contributed by atoms with Gasteiger partial charge in [0.15, 0.2) is 13.2 Å². The van der Waals surface area contributed by atoms with Crippen LogP contribution in [0.4, 0.5) is 13.2 Å².